The van der Waals surface area contributed by atoms with Crippen LogP contribution in [0.4, 0.5) is 0 Å². The minimum Gasteiger partial charge on any atom is -0.494 e. The summed E-state index contributed by atoms with van der Waals surface area (Å²) in [6, 6.07) is 5.08. The first-order chi connectivity index (χ1) is 10.3. The standard InChI is InChI=1S/C18H27NO2/c1-3-20-17-12-15-10-13(2)21-18(15)11-14(17)7-8-16-6-4-5-9-19-16/h11-13,16,19H,3-10H2,1-2H3. The second-order valence-electron chi connectivity index (χ2n) is 6.32. The first-order valence-electron chi connectivity index (χ1n) is 8.45. The first kappa shape index (κ1) is 14.7. The van der Waals surface area contributed by atoms with E-state index in [1.807, 2.05) is 0 Å². The fourth-order valence-corrected chi connectivity index (χ4v) is 3.47. The number of hydrogen-bond donors (Lipinski definition) is 1. The lowest BCUT2D eigenvalue weighted by atomic mass is 9.96. The molecule has 0 bridgehead atoms. The van der Waals surface area contributed by atoms with Crippen LogP contribution in [0.3, 0.4) is 0 Å². The summed E-state index contributed by atoms with van der Waals surface area (Å²) in [5, 5.41) is 3.63. The van der Waals surface area contributed by atoms with Crippen LogP contribution in [0.1, 0.15) is 50.7 Å². The summed E-state index contributed by atoms with van der Waals surface area (Å²) in [4.78, 5) is 0. The molecule has 3 nitrogen and oxygen atoms in total. The van der Waals surface area contributed by atoms with E-state index in [1.165, 1.54) is 43.4 Å². The quantitative estimate of drug-likeness (QED) is 0.900. The Balaban J connectivity index is 1.71. The molecule has 116 valence electrons. The summed E-state index contributed by atoms with van der Waals surface area (Å²) in [6.45, 7) is 6.09. The summed E-state index contributed by atoms with van der Waals surface area (Å²) in [6.07, 6.45) is 7.55. The third-order valence-electron chi connectivity index (χ3n) is 4.55. The predicted molar refractivity (Wildman–Crippen MR) is 85.4 cm³/mol. The van der Waals surface area contributed by atoms with Gasteiger partial charge in [0.15, 0.2) is 0 Å². The smallest absolute Gasteiger partial charge is 0.123 e. The molecule has 0 spiro atoms. The maximum atomic E-state index is 5.90. The molecule has 1 N–H and O–H groups in total. The van der Waals surface area contributed by atoms with Gasteiger partial charge in [-0.2, -0.15) is 0 Å². The van der Waals surface area contributed by atoms with Gasteiger partial charge in [0.1, 0.15) is 17.6 Å². The normalized spacial score (nSPS) is 24.5. The van der Waals surface area contributed by atoms with Crippen LogP contribution in [0.5, 0.6) is 11.5 Å². The van der Waals surface area contributed by atoms with Crippen molar-refractivity contribution in [2.75, 3.05) is 13.2 Å². The summed E-state index contributed by atoms with van der Waals surface area (Å²) >= 11 is 0. The third-order valence-corrected chi connectivity index (χ3v) is 4.55. The molecule has 0 aromatic heterocycles. The highest BCUT2D eigenvalue weighted by molar-refractivity contribution is 5.48. The molecule has 1 fully saturated rings. The van der Waals surface area contributed by atoms with Crippen LogP contribution in [0, 0.1) is 0 Å². The van der Waals surface area contributed by atoms with Crippen molar-refractivity contribution in [2.24, 2.45) is 0 Å². The van der Waals surface area contributed by atoms with Crippen molar-refractivity contribution in [3.05, 3.63) is 23.3 Å². The number of ether oxygens (including phenoxy) is 2. The molecular formula is C18H27NO2. The molecule has 1 saturated heterocycles. The van der Waals surface area contributed by atoms with Crippen LogP contribution in [0.25, 0.3) is 0 Å². The van der Waals surface area contributed by atoms with E-state index in [-0.39, 0.29) is 0 Å². The molecule has 2 aliphatic rings. The number of aryl methyl sites for hydroxylation is 1. The van der Waals surface area contributed by atoms with E-state index >= 15 is 0 Å². The van der Waals surface area contributed by atoms with Gasteiger partial charge in [-0.15, -0.1) is 0 Å². The molecule has 3 rings (SSSR count). The molecule has 0 radical (unpaired) electrons. The Labute approximate surface area is 128 Å². The molecule has 2 unspecified atom stereocenters. The van der Waals surface area contributed by atoms with Gasteiger partial charge in [-0.1, -0.05) is 6.42 Å². The van der Waals surface area contributed by atoms with Gasteiger partial charge in [0.25, 0.3) is 0 Å². The van der Waals surface area contributed by atoms with Gasteiger partial charge in [-0.3, -0.25) is 0 Å². The third kappa shape index (κ3) is 3.52. The second kappa shape index (κ2) is 6.69. The van der Waals surface area contributed by atoms with Crippen molar-refractivity contribution in [2.45, 2.75) is 64.5 Å². The number of fused-ring (bicyclic) bond motifs is 1. The Morgan fingerprint density at radius 2 is 2.24 bits per heavy atom. The zero-order valence-corrected chi connectivity index (χ0v) is 13.3. The van der Waals surface area contributed by atoms with Crippen LogP contribution in [-0.4, -0.2) is 25.3 Å². The largest absolute Gasteiger partial charge is 0.494 e. The van der Waals surface area contributed by atoms with Crippen LogP contribution in [0.2, 0.25) is 0 Å². The SMILES string of the molecule is CCOc1cc2c(cc1CCC1CCCCN1)OC(C)C2. The molecule has 1 aromatic rings. The molecule has 0 saturated carbocycles. The van der Waals surface area contributed by atoms with Gasteiger partial charge >= 0.3 is 0 Å². The van der Waals surface area contributed by atoms with Crippen molar-refractivity contribution in [3.8, 4) is 11.5 Å². The van der Waals surface area contributed by atoms with Gasteiger partial charge in [-0.25, -0.2) is 0 Å². The fraction of sp³-hybridized carbons (Fsp3) is 0.667. The topological polar surface area (TPSA) is 30.5 Å². The van der Waals surface area contributed by atoms with Crippen LogP contribution in [0.15, 0.2) is 12.1 Å². The van der Waals surface area contributed by atoms with Gasteiger partial charge in [-0.05, 0) is 63.8 Å². The minimum atomic E-state index is 0.296. The fourth-order valence-electron chi connectivity index (χ4n) is 3.47. The Bertz CT molecular complexity index is 480. The monoisotopic (exact) mass is 289 g/mol. The van der Waals surface area contributed by atoms with Crippen LogP contribution >= 0.6 is 0 Å². The molecular weight excluding hydrogens is 262 g/mol. The maximum Gasteiger partial charge on any atom is 0.123 e. The lowest BCUT2D eigenvalue weighted by Crippen LogP contribution is -2.34. The molecule has 3 heteroatoms. The Morgan fingerprint density at radius 3 is 3.00 bits per heavy atom. The first-order valence-corrected chi connectivity index (χ1v) is 8.45. The van der Waals surface area contributed by atoms with E-state index in [2.05, 4.69) is 31.3 Å². The summed E-state index contributed by atoms with van der Waals surface area (Å²) in [7, 11) is 0. The van der Waals surface area contributed by atoms with E-state index in [0.29, 0.717) is 12.1 Å². The summed E-state index contributed by atoms with van der Waals surface area (Å²) in [5.74, 6) is 2.13. The molecule has 21 heavy (non-hydrogen) atoms. The number of piperidine rings is 1. The summed E-state index contributed by atoms with van der Waals surface area (Å²) < 4.78 is 11.8. The lowest BCUT2D eigenvalue weighted by Gasteiger charge is -2.23. The predicted octanol–water partition coefficient (Wildman–Crippen LogP) is 3.48. The van der Waals surface area contributed by atoms with Gasteiger partial charge < -0.3 is 14.8 Å². The van der Waals surface area contributed by atoms with Crippen molar-refractivity contribution < 1.29 is 9.47 Å². The highest BCUT2D eigenvalue weighted by atomic mass is 16.5. The van der Waals surface area contributed by atoms with E-state index in [0.717, 1.165) is 30.9 Å². The minimum absolute atomic E-state index is 0.296. The van der Waals surface area contributed by atoms with Gasteiger partial charge in [0, 0.05) is 18.0 Å². The van der Waals surface area contributed by atoms with Crippen LogP contribution in [-0.2, 0) is 12.8 Å². The van der Waals surface area contributed by atoms with E-state index in [9.17, 15) is 0 Å². The van der Waals surface area contributed by atoms with E-state index in [1.54, 1.807) is 0 Å². The van der Waals surface area contributed by atoms with E-state index < -0.39 is 0 Å². The summed E-state index contributed by atoms with van der Waals surface area (Å²) in [5.41, 5.74) is 2.60. The van der Waals surface area contributed by atoms with Crippen molar-refractivity contribution >= 4 is 0 Å². The Morgan fingerprint density at radius 1 is 1.33 bits per heavy atom. The van der Waals surface area contributed by atoms with E-state index in [4.69, 9.17) is 9.47 Å². The number of benzene rings is 1. The molecule has 2 heterocycles. The molecule has 1 aromatic carbocycles. The van der Waals surface area contributed by atoms with Crippen molar-refractivity contribution in [3.63, 3.8) is 0 Å². The number of hydrogen-bond acceptors (Lipinski definition) is 3. The van der Waals surface area contributed by atoms with Crippen molar-refractivity contribution in [1.82, 2.24) is 5.32 Å². The highest BCUT2D eigenvalue weighted by Gasteiger charge is 2.22. The number of nitrogens with one attached hydrogen (secondary N) is 1. The van der Waals surface area contributed by atoms with Crippen molar-refractivity contribution in [1.29, 1.82) is 0 Å². The average Bonchev–Trinajstić information content (AvgIpc) is 2.85. The zero-order valence-electron chi connectivity index (χ0n) is 13.3. The second-order valence-corrected chi connectivity index (χ2v) is 6.32. The average molecular weight is 289 g/mol. The Kier molecular flexibility index (Phi) is 4.69. The maximum absolute atomic E-state index is 5.90. The van der Waals surface area contributed by atoms with Gasteiger partial charge in [0.05, 0.1) is 6.61 Å². The molecule has 2 aliphatic heterocycles. The number of rotatable bonds is 5. The Hall–Kier alpha value is -1.22. The highest BCUT2D eigenvalue weighted by Crippen LogP contribution is 2.36. The van der Waals surface area contributed by atoms with Crippen LogP contribution < -0.4 is 14.8 Å². The van der Waals surface area contributed by atoms with Gasteiger partial charge in [0.2, 0.25) is 0 Å². The molecule has 0 amide bonds. The molecule has 2 atom stereocenters. The molecule has 0 aliphatic carbocycles. The zero-order chi connectivity index (χ0) is 14.7. The lowest BCUT2D eigenvalue weighted by molar-refractivity contribution is 0.254.